The predicted molar refractivity (Wildman–Crippen MR) is 134 cm³/mol. The van der Waals surface area contributed by atoms with Gasteiger partial charge in [-0.2, -0.15) is 0 Å². The highest BCUT2D eigenvalue weighted by Gasteiger charge is 2.18. The van der Waals surface area contributed by atoms with Crippen molar-refractivity contribution in [2.24, 2.45) is 0 Å². The van der Waals surface area contributed by atoms with Gasteiger partial charge in [0.25, 0.3) is 0 Å². The molecule has 1 fully saturated rings. The molecule has 0 heterocycles. The minimum atomic E-state index is -0.247. The Hall–Kier alpha value is -1.48. The molecule has 0 N–H and O–H groups in total. The van der Waals surface area contributed by atoms with Gasteiger partial charge < -0.3 is 0 Å². The van der Waals surface area contributed by atoms with Gasteiger partial charge in [-0.05, 0) is 66.9 Å². The van der Waals surface area contributed by atoms with Gasteiger partial charge in [0, 0.05) is 0 Å². The van der Waals surface area contributed by atoms with Crippen molar-refractivity contribution in [3.8, 4) is 0 Å². The van der Waals surface area contributed by atoms with Gasteiger partial charge in [-0.15, -0.1) is 0 Å². The maximum atomic E-state index is 2.42. The summed E-state index contributed by atoms with van der Waals surface area (Å²) in [5.41, 5.74) is 1.67. The molecule has 2 heteroatoms. The molecular formula is C27H32P2. The summed E-state index contributed by atoms with van der Waals surface area (Å²) >= 11 is 0. The van der Waals surface area contributed by atoms with Gasteiger partial charge in [-0.1, -0.05) is 113 Å². The number of hydrogen-bond acceptors (Lipinski definition) is 0. The van der Waals surface area contributed by atoms with E-state index in [4.69, 9.17) is 0 Å². The van der Waals surface area contributed by atoms with Crippen LogP contribution >= 0.6 is 16.5 Å². The van der Waals surface area contributed by atoms with Crippen LogP contribution in [0.25, 0.3) is 0 Å². The molecule has 0 amide bonds. The fourth-order valence-electron chi connectivity index (χ4n) is 4.51. The van der Waals surface area contributed by atoms with E-state index in [-0.39, 0.29) is 7.92 Å². The first kappa shape index (κ1) is 20.8. The molecule has 4 rings (SSSR count). The average molecular weight is 419 g/mol. The van der Waals surface area contributed by atoms with Crippen LogP contribution in [0.4, 0.5) is 0 Å². The molecule has 150 valence electrons. The van der Waals surface area contributed by atoms with Crippen molar-refractivity contribution >= 4 is 32.4 Å². The van der Waals surface area contributed by atoms with Crippen LogP contribution in [-0.2, 0) is 0 Å². The van der Waals surface area contributed by atoms with Crippen molar-refractivity contribution < 1.29 is 0 Å². The summed E-state index contributed by atoms with van der Waals surface area (Å²) in [4.78, 5) is 0. The normalized spacial score (nSPS) is 15.3. The van der Waals surface area contributed by atoms with E-state index in [2.05, 4.69) is 84.9 Å². The fraction of sp³-hybridized carbons (Fsp3) is 0.333. The van der Waals surface area contributed by atoms with Crippen molar-refractivity contribution in [2.45, 2.75) is 44.4 Å². The highest BCUT2D eigenvalue weighted by molar-refractivity contribution is 7.73. The Morgan fingerprint density at radius 3 is 1.93 bits per heavy atom. The summed E-state index contributed by atoms with van der Waals surface area (Å²) in [7, 11) is 0.706. The van der Waals surface area contributed by atoms with Gasteiger partial charge in [-0.25, -0.2) is 0 Å². The molecule has 29 heavy (non-hydrogen) atoms. The molecule has 0 radical (unpaired) electrons. The van der Waals surface area contributed by atoms with Crippen LogP contribution < -0.4 is 15.9 Å². The van der Waals surface area contributed by atoms with Crippen LogP contribution in [0.5, 0.6) is 0 Å². The van der Waals surface area contributed by atoms with Gasteiger partial charge in [0.2, 0.25) is 0 Å². The smallest absolute Gasteiger partial charge is 0.0156 e. The first-order chi connectivity index (χ1) is 14.4. The molecule has 0 nitrogen and oxygen atoms in total. The Balaban J connectivity index is 1.39. The van der Waals surface area contributed by atoms with E-state index in [0.29, 0.717) is 0 Å². The minimum Gasteiger partial charge on any atom is -0.0901 e. The maximum absolute atomic E-state index is 2.42. The molecule has 1 aliphatic rings. The fourth-order valence-corrected chi connectivity index (χ4v) is 8.49. The molecule has 3 aromatic carbocycles. The molecule has 1 saturated carbocycles. The third-order valence-corrected chi connectivity index (χ3v) is 10.1. The molecule has 0 aliphatic heterocycles. The summed E-state index contributed by atoms with van der Waals surface area (Å²) in [6.07, 6.45) is 11.0. The third kappa shape index (κ3) is 5.78. The maximum Gasteiger partial charge on any atom is -0.0156 e. The molecule has 0 spiro atoms. The van der Waals surface area contributed by atoms with E-state index < -0.39 is 0 Å². The van der Waals surface area contributed by atoms with Crippen LogP contribution in [0.1, 0.15) is 50.0 Å². The van der Waals surface area contributed by atoms with Crippen LogP contribution in [-0.4, -0.2) is 12.3 Å². The molecular weight excluding hydrogens is 386 g/mol. The largest absolute Gasteiger partial charge is 0.0901 e. The molecule has 1 atom stereocenters. The number of benzene rings is 3. The minimum absolute atomic E-state index is 0.247. The Morgan fingerprint density at radius 2 is 1.28 bits per heavy atom. The highest BCUT2D eigenvalue weighted by Crippen LogP contribution is 2.36. The summed E-state index contributed by atoms with van der Waals surface area (Å²) < 4.78 is 0. The van der Waals surface area contributed by atoms with Crippen molar-refractivity contribution in [3.63, 3.8) is 0 Å². The van der Waals surface area contributed by atoms with Crippen LogP contribution in [0.2, 0.25) is 0 Å². The molecule has 0 saturated heterocycles. The summed E-state index contributed by atoms with van der Waals surface area (Å²) in [6.45, 7) is 0. The summed E-state index contributed by atoms with van der Waals surface area (Å²) in [6, 6.07) is 31.6. The zero-order valence-corrected chi connectivity index (χ0v) is 19.2. The SMILES string of the molecule is c1ccc(P(CCCPc2ccccc2C2CCCCC2)c2ccccc2)cc1. The van der Waals surface area contributed by atoms with E-state index >= 15 is 0 Å². The lowest BCUT2D eigenvalue weighted by Gasteiger charge is -2.24. The first-order valence-corrected chi connectivity index (χ1v) is 13.9. The van der Waals surface area contributed by atoms with Gasteiger partial charge in [-0.3, -0.25) is 0 Å². The quantitative estimate of drug-likeness (QED) is 0.287. The first-order valence-electron chi connectivity index (χ1n) is 11.1. The lowest BCUT2D eigenvalue weighted by Crippen LogP contribution is -2.15. The van der Waals surface area contributed by atoms with E-state index in [0.717, 1.165) is 14.5 Å². The Morgan fingerprint density at radius 1 is 0.690 bits per heavy atom. The topological polar surface area (TPSA) is 0 Å². The second-order valence-corrected chi connectivity index (χ2v) is 11.8. The van der Waals surface area contributed by atoms with Gasteiger partial charge >= 0.3 is 0 Å². The summed E-state index contributed by atoms with van der Waals surface area (Å²) in [5.74, 6) is 0.818. The molecule has 0 aromatic heterocycles. The zero-order chi connectivity index (χ0) is 19.7. The molecule has 0 bridgehead atoms. The van der Waals surface area contributed by atoms with Crippen molar-refractivity contribution in [1.82, 2.24) is 0 Å². The molecule has 3 aromatic rings. The van der Waals surface area contributed by atoms with Crippen molar-refractivity contribution in [2.75, 3.05) is 12.3 Å². The zero-order valence-electron chi connectivity index (χ0n) is 17.3. The van der Waals surface area contributed by atoms with E-state index in [1.165, 1.54) is 61.5 Å². The monoisotopic (exact) mass is 418 g/mol. The van der Waals surface area contributed by atoms with E-state index in [1.807, 2.05) is 0 Å². The lowest BCUT2D eigenvalue weighted by atomic mass is 9.84. The van der Waals surface area contributed by atoms with Gasteiger partial charge in [0.1, 0.15) is 0 Å². The Labute approximate surface area is 179 Å². The highest BCUT2D eigenvalue weighted by atomic mass is 31.1. The second kappa shape index (κ2) is 11.1. The van der Waals surface area contributed by atoms with Gasteiger partial charge in [0.05, 0.1) is 0 Å². The van der Waals surface area contributed by atoms with Gasteiger partial charge in [0.15, 0.2) is 0 Å². The van der Waals surface area contributed by atoms with Crippen LogP contribution in [0.3, 0.4) is 0 Å². The Bertz CT molecular complexity index is 814. The third-order valence-electron chi connectivity index (χ3n) is 6.02. The molecule has 1 aliphatic carbocycles. The Kier molecular flexibility index (Phi) is 7.92. The standard InChI is InChI=1S/C27H32P2/c1-4-13-23(14-5-1)26-19-10-11-20-27(26)28-21-12-22-29(24-15-6-2-7-16-24)25-17-8-3-9-18-25/h2-3,6-11,15-20,23,28H,1,4-5,12-14,21-22H2. The van der Waals surface area contributed by atoms with E-state index in [9.17, 15) is 0 Å². The van der Waals surface area contributed by atoms with E-state index in [1.54, 1.807) is 10.9 Å². The van der Waals surface area contributed by atoms with Crippen LogP contribution in [0.15, 0.2) is 84.9 Å². The van der Waals surface area contributed by atoms with Crippen molar-refractivity contribution in [1.29, 1.82) is 0 Å². The second-order valence-electron chi connectivity index (χ2n) is 8.03. The average Bonchev–Trinajstić information content (AvgIpc) is 2.81. The predicted octanol–water partition coefficient (Wildman–Crippen LogP) is 6.56. The number of hydrogen-bond donors (Lipinski definition) is 0. The van der Waals surface area contributed by atoms with Crippen LogP contribution in [0, 0.1) is 0 Å². The lowest BCUT2D eigenvalue weighted by molar-refractivity contribution is 0.445. The summed E-state index contributed by atoms with van der Waals surface area (Å²) in [5, 5.41) is 4.67. The van der Waals surface area contributed by atoms with Crippen molar-refractivity contribution in [3.05, 3.63) is 90.5 Å². The molecule has 1 unspecified atom stereocenters. The number of rotatable bonds is 8.